The average Bonchev–Trinajstić information content (AvgIpc) is 3.96. The van der Waals surface area contributed by atoms with E-state index in [2.05, 4.69) is 211 Å². The van der Waals surface area contributed by atoms with Crippen LogP contribution in [0.3, 0.4) is 0 Å². The smallest absolute Gasteiger partial charge is 0.0541 e. The van der Waals surface area contributed by atoms with Crippen molar-refractivity contribution in [1.82, 2.24) is 4.57 Å². The Kier molecular flexibility index (Phi) is 7.74. The largest absolute Gasteiger partial charge is 0.309 e. The Morgan fingerprint density at radius 2 is 1.11 bits per heavy atom. The molecule has 1 heteroatoms. The first kappa shape index (κ1) is 32.7. The predicted octanol–water partition coefficient (Wildman–Crippen LogP) is 14.5. The molecule has 8 aromatic carbocycles. The third-order valence-electron chi connectivity index (χ3n) is 12.6. The van der Waals surface area contributed by atoms with Crippen LogP contribution in [-0.4, -0.2) is 4.57 Å². The van der Waals surface area contributed by atoms with E-state index in [1.165, 1.54) is 88.3 Å². The molecule has 266 valence electrons. The summed E-state index contributed by atoms with van der Waals surface area (Å²) in [5.74, 6) is 0.401. The van der Waals surface area contributed by atoms with Crippen molar-refractivity contribution in [2.75, 3.05) is 0 Å². The summed E-state index contributed by atoms with van der Waals surface area (Å²) < 4.78 is 2.42. The summed E-state index contributed by atoms with van der Waals surface area (Å²) in [7, 11) is 0. The second-order valence-electron chi connectivity index (χ2n) is 15.6. The summed E-state index contributed by atoms with van der Waals surface area (Å²) in [6.45, 7) is 0. The van der Waals surface area contributed by atoms with E-state index in [0.717, 1.165) is 19.3 Å². The number of allylic oxidation sites excluding steroid dienone is 4. The monoisotopic (exact) mass is 715 g/mol. The maximum atomic E-state index is 2.43. The lowest BCUT2D eigenvalue weighted by Crippen LogP contribution is -2.12. The Bertz CT molecular complexity index is 2960. The van der Waals surface area contributed by atoms with Crippen molar-refractivity contribution < 1.29 is 0 Å². The van der Waals surface area contributed by atoms with Crippen molar-refractivity contribution in [3.05, 3.63) is 229 Å². The van der Waals surface area contributed by atoms with Gasteiger partial charge in [-0.25, -0.2) is 0 Å². The van der Waals surface area contributed by atoms with Crippen molar-refractivity contribution in [3.63, 3.8) is 0 Å². The van der Waals surface area contributed by atoms with Crippen LogP contribution in [-0.2, 0) is 5.41 Å². The first-order valence-corrected chi connectivity index (χ1v) is 20.0. The second kappa shape index (κ2) is 13.3. The summed E-state index contributed by atoms with van der Waals surface area (Å²) in [5.41, 5.74) is 15.5. The van der Waals surface area contributed by atoms with Gasteiger partial charge in [0.2, 0.25) is 0 Å². The number of para-hydroxylation sites is 1. The molecule has 1 nitrogen and oxygen atoms in total. The third-order valence-corrected chi connectivity index (χ3v) is 12.6. The molecule has 2 aliphatic rings. The second-order valence-corrected chi connectivity index (χ2v) is 15.6. The van der Waals surface area contributed by atoms with E-state index in [9.17, 15) is 0 Å². The maximum Gasteiger partial charge on any atom is 0.0541 e. The van der Waals surface area contributed by atoms with Crippen LogP contribution in [0, 0.1) is 0 Å². The molecule has 0 aliphatic heterocycles. The summed E-state index contributed by atoms with van der Waals surface area (Å²) in [6.07, 6.45) is 9.99. The van der Waals surface area contributed by atoms with Crippen LogP contribution in [0.15, 0.2) is 206 Å². The molecule has 2 atom stereocenters. The van der Waals surface area contributed by atoms with Gasteiger partial charge in [0.05, 0.1) is 11.0 Å². The number of fused-ring (bicyclic) bond motifs is 4. The molecule has 2 unspecified atom stereocenters. The molecule has 0 spiro atoms. The fourth-order valence-corrected chi connectivity index (χ4v) is 9.53. The molecule has 56 heavy (non-hydrogen) atoms. The van der Waals surface area contributed by atoms with Crippen molar-refractivity contribution in [1.29, 1.82) is 0 Å². The molecule has 1 aromatic heterocycles. The molecule has 1 fully saturated rings. The van der Waals surface area contributed by atoms with Crippen molar-refractivity contribution in [2.45, 2.75) is 30.6 Å². The van der Waals surface area contributed by atoms with Gasteiger partial charge in [0.1, 0.15) is 0 Å². The number of nitrogens with zero attached hydrogens (tertiary/aromatic N) is 1. The summed E-state index contributed by atoms with van der Waals surface area (Å²) in [6, 6.07) is 70.3. The normalized spacial score (nSPS) is 17.7. The summed E-state index contributed by atoms with van der Waals surface area (Å²) in [4.78, 5) is 0. The fraction of sp³-hybridized carbons (Fsp3) is 0.0909. The van der Waals surface area contributed by atoms with Crippen molar-refractivity contribution in [2.24, 2.45) is 0 Å². The van der Waals surface area contributed by atoms with E-state index in [4.69, 9.17) is 0 Å². The molecular formula is C55H41N. The van der Waals surface area contributed by atoms with E-state index in [1.807, 2.05) is 0 Å². The molecule has 11 rings (SSSR count). The van der Waals surface area contributed by atoms with Crippen LogP contribution in [0.25, 0.3) is 66.1 Å². The SMILES string of the molecule is C1=CCCC(c2ccc(-n3c4ccccc4c4cc(-c5ccc(C6CC6(c6ccc(-c7ccccc7)cc6)c6ccc7ccccc7c6)cc5)ccc43)cc2)=C1. The molecule has 0 bridgehead atoms. The predicted molar refractivity (Wildman–Crippen MR) is 237 cm³/mol. The van der Waals surface area contributed by atoms with Gasteiger partial charge in [-0.05, 0) is 116 Å². The van der Waals surface area contributed by atoms with Crippen molar-refractivity contribution >= 4 is 38.2 Å². The molecule has 0 saturated heterocycles. The quantitative estimate of drug-likeness (QED) is 0.155. The topological polar surface area (TPSA) is 4.93 Å². The van der Waals surface area contributed by atoms with Gasteiger partial charge < -0.3 is 4.57 Å². The zero-order valence-corrected chi connectivity index (χ0v) is 31.3. The van der Waals surface area contributed by atoms with Crippen LogP contribution in [0.2, 0.25) is 0 Å². The first-order chi connectivity index (χ1) is 27.7. The molecular weight excluding hydrogens is 675 g/mol. The number of aromatic nitrogens is 1. The third kappa shape index (κ3) is 5.46. The minimum atomic E-state index is -0.0654. The minimum absolute atomic E-state index is 0.0654. The fourth-order valence-electron chi connectivity index (χ4n) is 9.53. The highest BCUT2D eigenvalue weighted by Crippen LogP contribution is 2.64. The lowest BCUT2D eigenvalue weighted by molar-refractivity contribution is 0.805. The minimum Gasteiger partial charge on any atom is -0.309 e. The van der Waals surface area contributed by atoms with E-state index < -0.39 is 0 Å². The van der Waals surface area contributed by atoms with Gasteiger partial charge in [0.15, 0.2) is 0 Å². The highest BCUT2D eigenvalue weighted by atomic mass is 15.0. The molecule has 0 amide bonds. The van der Waals surface area contributed by atoms with Crippen LogP contribution in [0.1, 0.15) is 47.4 Å². The lowest BCUT2D eigenvalue weighted by Gasteiger charge is -2.21. The zero-order valence-electron chi connectivity index (χ0n) is 31.3. The van der Waals surface area contributed by atoms with Gasteiger partial charge in [0.25, 0.3) is 0 Å². The van der Waals surface area contributed by atoms with Gasteiger partial charge in [-0.2, -0.15) is 0 Å². The van der Waals surface area contributed by atoms with E-state index in [-0.39, 0.29) is 5.41 Å². The highest BCUT2D eigenvalue weighted by Gasteiger charge is 2.57. The summed E-state index contributed by atoms with van der Waals surface area (Å²) in [5, 5.41) is 5.15. The Morgan fingerprint density at radius 1 is 0.464 bits per heavy atom. The molecule has 9 aromatic rings. The van der Waals surface area contributed by atoms with Crippen LogP contribution in [0.5, 0.6) is 0 Å². The number of hydrogen-bond donors (Lipinski definition) is 0. The number of rotatable bonds is 7. The molecule has 2 aliphatic carbocycles. The standard InChI is InChI=1S/C55H41N/c1-3-11-38(12-4-1)41-23-29-47(30-24-41)55(48-31-25-40-15-7-8-16-45(40)35-48)37-52(55)44-21-19-43(20-22-44)46-28-34-54-51(36-46)50-17-9-10-18-53(50)56(54)49-32-26-42(27-33-49)39-13-5-2-6-14-39/h1-5,7-13,15-36,52H,6,14,37H2. The zero-order chi connectivity index (χ0) is 37.1. The van der Waals surface area contributed by atoms with E-state index in [1.54, 1.807) is 0 Å². The Balaban J connectivity index is 0.939. The van der Waals surface area contributed by atoms with Crippen LogP contribution >= 0.6 is 0 Å². The van der Waals surface area contributed by atoms with Gasteiger partial charge in [-0.15, -0.1) is 0 Å². The van der Waals surface area contributed by atoms with E-state index >= 15 is 0 Å². The molecule has 0 N–H and O–H groups in total. The van der Waals surface area contributed by atoms with E-state index in [0.29, 0.717) is 5.92 Å². The summed E-state index contributed by atoms with van der Waals surface area (Å²) >= 11 is 0. The van der Waals surface area contributed by atoms with Gasteiger partial charge >= 0.3 is 0 Å². The molecule has 1 heterocycles. The van der Waals surface area contributed by atoms with Gasteiger partial charge in [-0.3, -0.25) is 0 Å². The lowest BCUT2D eigenvalue weighted by atomic mass is 9.82. The molecule has 1 saturated carbocycles. The number of benzene rings is 8. The van der Waals surface area contributed by atoms with Crippen LogP contribution < -0.4 is 0 Å². The maximum absolute atomic E-state index is 2.43. The van der Waals surface area contributed by atoms with Gasteiger partial charge in [-0.1, -0.05) is 176 Å². The Labute approximate surface area is 328 Å². The average molecular weight is 716 g/mol. The van der Waals surface area contributed by atoms with Crippen LogP contribution in [0.4, 0.5) is 0 Å². The first-order valence-electron chi connectivity index (χ1n) is 20.0. The number of hydrogen-bond acceptors (Lipinski definition) is 0. The Morgan fingerprint density at radius 3 is 1.91 bits per heavy atom. The van der Waals surface area contributed by atoms with Gasteiger partial charge in [0, 0.05) is 21.9 Å². The molecule has 0 radical (unpaired) electrons. The van der Waals surface area contributed by atoms with Crippen molar-refractivity contribution in [3.8, 4) is 27.9 Å². The Hall–Kier alpha value is -6.70. The highest BCUT2D eigenvalue weighted by molar-refractivity contribution is 6.10.